The highest BCUT2D eigenvalue weighted by atomic mass is 16.6. The third-order valence-electron chi connectivity index (χ3n) is 8.86. The van der Waals surface area contributed by atoms with E-state index in [2.05, 4.69) is 22.2 Å². The molecular weight excluding hydrogens is 652 g/mol. The zero-order valence-electron chi connectivity index (χ0n) is 30.3. The lowest BCUT2D eigenvalue weighted by Gasteiger charge is -2.27. The topological polar surface area (TPSA) is 168 Å². The lowest BCUT2D eigenvalue weighted by molar-refractivity contribution is -0.125. The molecule has 2 amide bonds. The molecule has 51 heavy (non-hydrogen) atoms. The SMILES string of the molecule is CCCCCC(CCCn1c(=O)[nH]c2ccccc2c1=O)C(=O)NCCCCN(CCCn1c(=O)[nH]c2ccccc2c1=O)C(=O)OC(C)(C)C. The van der Waals surface area contributed by atoms with E-state index in [1.54, 1.807) is 74.2 Å². The van der Waals surface area contributed by atoms with Gasteiger partial charge < -0.3 is 24.9 Å². The highest BCUT2D eigenvalue weighted by Gasteiger charge is 2.23. The molecule has 0 aliphatic rings. The number of fused-ring (bicyclic) bond motifs is 2. The van der Waals surface area contributed by atoms with E-state index < -0.39 is 23.1 Å². The van der Waals surface area contributed by atoms with E-state index in [1.807, 2.05) is 0 Å². The molecule has 2 aromatic carbocycles. The standard InChI is InChI=1S/C38H52N6O7/c1-5-6-7-16-27(17-14-25-43-33(46)28-18-8-10-20-30(28)40-35(43)48)32(45)39-22-12-13-23-42(37(50)51-38(2,3)4)24-15-26-44-34(47)29-19-9-11-21-31(29)41-36(44)49/h8-11,18-21,27H,5-7,12-17,22-26H2,1-4H3,(H,39,45)(H,40,48)(H,41,49). The van der Waals surface area contributed by atoms with Crippen molar-refractivity contribution in [2.45, 2.75) is 104 Å². The molecule has 1 unspecified atom stereocenters. The number of aromatic nitrogens is 4. The molecule has 276 valence electrons. The third-order valence-corrected chi connectivity index (χ3v) is 8.86. The molecule has 0 aliphatic heterocycles. The van der Waals surface area contributed by atoms with Gasteiger partial charge in [-0.15, -0.1) is 0 Å². The third kappa shape index (κ3) is 11.0. The lowest BCUT2D eigenvalue weighted by atomic mass is 9.95. The first-order valence-corrected chi connectivity index (χ1v) is 18.1. The summed E-state index contributed by atoms with van der Waals surface area (Å²) in [6.45, 7) is 8.93. The van der Waals surface area contributed by atoms with E-state index >= 15 is 0 Å². The smallest absolute Gasteiger partial charge is 0.410 e. The number of rotatable bonds is 18. The van der Waals surface area contributed by atoms with Gasteiger partial charge in [-0.25, -0.2) is 14.4 Å². The quantitative estimate of drug-likeness (QED) is 0.124. The van der Waals surface area contributed by atoms with Crippen LogP contribution in [0.25, 0.3) is 21.8 Å². The second-order valence-electron chi connectivity index (χ2n) is 14.0. The van der Waals surface area contributed by atoms with Crippen LogP contribution in [0.4, 0.5) is 4.79 Å². The monoisotopic (exact) mass is 704 g/mol. The van der Waals surface area contributed by atoms with Gasteiger partial charge in [0, 0.05) is 38.6 Å². The number of hydrogen-bond acceptors (Lipinski definition) is 7. The Morgan fingerprint density at radius 1 is 0.745 bits per heavy atom. The van der Waals surface area contributed by atoms with Crippen molar-refractivity contribution in [3.63, 3.8) is 0 Å². The minimum absolute atomic E-state index is 0.0547. The highest BCUT2D eigenvalue weighted by molar-refractivity contribution is 5.79. The molecule has 3 N–H and O–H groups in total. The van der Waals surface area contributed by atoms with Crippen molar-refractivity contribution in [2.24, 2.45) is 5.92 Å². The number of carbonyl (C=O) groups is 2. The Labute approximate surface area is 297 Å². The molecule has 13 nitrogen and oxygen atoms in total. The number of para-hydroxylation sites is 2. The van der Waals surface area contributed by atoms with E-state index in [0.29, 0.717) is 67.0 Å². The summed E-state index contributed by atoms with van der Waals surface area (Å²) in [6.07, 6.45) is 5.84. The van der Waals surface area contributed by atoms with Crippen LogP contribution in [0.3, 0.4) is 0 Å². The van der Waals surface area contributed by atoms with Crippen molar-refractivity contribution in [1.82, 2.24) is 29.3 Å². The van der Waals surface area contributed by atoms with Gasteiger partial charge in [0.25, 0.3) is 11.1 Å². The fourth-order valence-corrected chi connectivity index (χ4v) is 6.17. The maximum atomic E-state index is 13.3. The molecule has 4 rings (SSSR count). The summed E-state index contributed by atoms with van der Waals surface area (Å²) in [5.41, 5.74) is -1.38. The van der Waals surface area contributed by atoms with Crippen LogP contribution in [0.15, 0.2) is 67.7 Å². The molecule has 0 fully saturated rings. The van der Waals surface area contributed by atoms with Crippen LogP contribution >= 0.6 is 0 Å². The van der Waals surface area contributed by atoms with Gasteiger partial charge in [-0.3, -0.25) is 23.5 Å². The second kappa shape index (κ2) is 18.3. The average Bonchev–Trinajstić information content (AvgIpc) is 3.08. The first-order chi connectivity index (χ1) is 24.4. The van der Waals surface area contributed by atoms with Crippen LogP contribution in [0.2, 0.25) is 0 Å². The number of ether oxygens (including phenoxy) is 1. The lowest BCUT2D eigenvalue weighted by Crippen LogP contribution is -2.40. The minimum Gasteiger partial charge on any atom is -0.444 e. The number of aromatic amines is 2. The molecule has 2 aromatic heterocycles. The summed E-state index contributed by atoms with van der Waals surface area (Å²) >= 11 is 0. The van der Waals surface area contributed by atoms with E-state index in [1.165, 1.54) is 4.57 Å². The number of hydrogen-bond donors (Lipinski definition) is 3. The van der Waals surface area contributed by atoms with Gasteiger partial charge in [0.15, 0.2) is 0 Å². The minimum atomic E-state index is -0.696. The number of H-pyrrole nitrogens is 2. The number of nitrogens with zero attached hydrogens (tertiary/aromatic N) is 3. The fourth-order valence-electron chi connectivity index (χ4n) is 6.17. The Morgan fingerprint density at radius 2 is 1.27 bits per heavy atom. The molecule has 0 bridgehead atoms. The maximum absolute atomic E-state index is 13.3. The summed E-state index contributed by atoms with van der Waals surface area (Å²) in [7, 11) is 0. The van der Waals surface area contributed by atoms with E-state index in [9.17, 15) is 28.8 Å². The Kier molecular flexibility index (Phi) is 14.0. The molecular formula is C38H52N6O7. The van der Waals surface area contributed by atoms with Gasteiger partial charge >= 0.3 is 17.5 Å². The normalized spacial score (nSPS) is 12.2. The molecule has 13 heteroatoms. The van der Waals surface area contributed by atoms with Gasteiger partial charge in [-0.1, -0.05) is 50.5 Å². The van der Waals surface area contributed by atoms with Crippen LogP contribution in [0, 0.1) is 5.92 Å². The van der Waals surface area contributed by atoms with Gasteiger partial charge in [0.2, 0.25) is 5.91 Å². The molecule has 0 spiro atoms. The van der Waals surface area contributed by atoms with Crippen LogP contribution in [0.1, 0.15) is 85.5 Å². The van der Waals surface area contributed by atoms with Gasteiger partial charge in [0.1, 0.15) is 5.60 Å². The number of amides is 2. The Morgan fingerprint density at radius 3 is 1.84 bits per heavy atom. The first-order valence-electron chi connectivity index (χ1n) is 18.1. The van der Waals surface area contributed by atoms with Gasteiger partial charge in [0.05, 0.1) is 21.8 Å². The summed E-state index contributed by atoms with van der Waals surface area (Å²) in [4.78, 5) is 84.5. The summed E-state index contributed by atoms with van der Waals surface area (Å²) in [5.74, 6) is -0.298. The average molecular weight is 705 g/mol. The predicted octanol–water partition coefficient (Wildman–Crippen LogP) is 4.89. The number of unbranched alkanes of at least 4 members (excludes halogenated alkanes) is 3. The van der Waals surface area contributed by atoms with Crippen LogP contribution in [-0.2, 0) is 22.6 Å². The van der Waals surface area contributed by atoms with Crippen LogP contribution in [0.5, 0.6) is 0 Å². The van der Waals surface area contributed by atoms with Crippen molar-refractivity contribution >= 4 is 33.8 Å². The van der Waals surface area contributed by atoms with Gasteiger partial charge in [-0.2, -0.15) is 0 Å². The van der Waals surface area contributed by atoms with Crippen LogP contribution < -0.4 is 27.8 Å². The molecule has 1 atom stereocenters. The van der Waals surface area contributed by atoms with Crippen molar-refractivity contribution in [3.8, 4) is 0 Å². The predicted molar refractivity (Wildman–Crippen MR) is 199 cm³/mol. The van der Waals surface area contributed by atoms with Crippen molar-refractivity contribution in [2.75, 3.05) is 19.6 Å². The first kappa shape index (κ1) is 38.9. The number of carbonyl (C=O) groups excluding carboxylic acids is 2. The second-order valence-corrected chi connectivity index (χ2v) is 14.0. The Bertz CT molecular complexity index is 2020. The molecule has 0 radical (unpaired) electrons. The molecule has 0 saturated carbocycles. The Balaban J connectivity index is 1.29. The van der Waals surface area contributed by atoms with E-state index in [-0.39, 0.29) is 42.6 Å². The van der Waals surface area contributed by atoms with Crippen molar-refractivity contribution < 1.29 is 14.3 Å². The molecule has 0 saturated heterocycles. The Hall–Kier alpha value is -4.94. The fraction of sp³-hybridized carbons (Fsp3) is 0.526. The van der Waals surface area contributed by atoms with Crippen molar-refractivity contribution in [1.29, 1.82) is 0 Å². The molecule has 2 heterocycles. The highest BCUT2D eigenvalue weighted by Crippen LogP contribution is 2.17. The van der Waals surface area contributed by atoms with E-state index in [4.69, 9.17) is 4.74 Å². The summed E-state index contributed by atoms with van der Waals surface area (Å²) in [5, 5.41) is 3.93. The number of nitrogens with one attached hydrogen (secondary N) is 3. The maximum Gasteiger partial charge on any atom is 0.410 e. The molecule has 0 aliphatic carbocycles. The molecule has 4 aromatic rings. The van der Waals surface area contributed by atoms with E-state index in [0.717, 1.165) is 30.3 Å². The summed E-state index contributed by atoms with van der Waals surface area (Å²) in [6, 6.07) is 13.8. The zero-order valence-corrected chi connectivity index (χ0v) is 30.3. The largest absolute Gasteiger partial charge is 0.444 e. The van der Waals surface area contributed by atoms with Gasteiger partial charge in [-0.05, 0) is 83.6 Å². The zero-order chi connectivity index (χ0) is 37.0. The number of benzene rings is 2. The van der Waals surface area contributed by atoms with Crippen molar-refractivity contribution in [3.05, 3.63) is 90.2 Å². The van der Waals surface area contributed by atoms with Crippen LogP contribution in [-0.4, -0.2) is 61.2 Å². The summed E-state index contributed by atoms with van der Waals surface area (Å²) < 4.78 is 7.98.